The monoisotopic (exact) mass is 186 g/mol. The molecule has 76 valence electrons. The van der Waals surface area contributed by atoms with Crippen molar-refractivity contribution in [2.45, 2.75) is 31.8 Å². The summed E-state index contributed by atoms with van der Waals surface area (Å²) in [5.41, 5.74) is 5.52. The lowest BCUT2D eigenvalue weighted by Crippen LogP contribution is -2.46. The lowest BCUT2D eigenvalue weighted by Gasteiger charge is -2.16. The van der Waals surface area contributed by atoms with Crippen molar-refractivity contribution in [2.24, 2.45) is 5.73 Å². The molecule has 2 atom stereocenters. The quantitative estimate of drug-likeness (QED) is 0.502. The summed E-state index contributed by atoms with van der Waals surface area (Å²) in [6.07, 6.45) is 2.75. The molecule has 0 spiro atoms. The number of aliphatic hydroxyl groups excluding tert-OH is 1. The van der Waals surface area contributed by atoms with E-state index in [4.69, 9.17) is 10.8 Å². The zero-order valence-electron chi connectivity index (χ0n) is 7.99. The molecule has 0 aromatic rings. The molecule has 0 saturated heterocycles. The summed E-state index contributed by atoms with van der Waals surface area (Å²) in [7, 11) is 0. The molecular formula is C9H18N2O2. The number of nitrogens with two attached hydrogens (primary N) is 1. The van der Waals surface area contributed by atoms with Crippen LogP contribution >= 0.6 is 0 Å². The molecule has 4 N–H and O–H groups in total. The number of amides is 1. The minimum absolute atomic E-state index is 0.0525. The molecule has 13 heavy (non-hydrogen) atoms. The Morgan fingerprint density at radius 3 is 2.77 bits per heavy atom. The molecule has 0 aliphatic carbocycles. The standard InChI is InChI=1S/C9H18N2O2/c1-3-5-8(10)9(13)11-7(4-2)6-12/h3,7-8,12H,1,4-6,10H2,2H3,(H,11,13)/t7-,8?/m1/s1. The summed E-state index contributed by atoms with van der Waals surface area (Å²) < 4.78 is 0. The normalized spacial score (nSPS) is 14.7. The molecule has 0 aliphatic heterocycles. The van der Waals surface area contributed by atoms with Gasteiger partial charge in [-0.2, -0.15) is 0 Å². The smallest absolute Gasteiger partial charge is 0.237 e. The first-order valence-electron chi connectivity index (χ1n) is 4.43. The van der Waals surface area contributed by atoms with Gasteiger partial charge in [-0.15, -0.1) is 6.58 Å². The second-order valence-electron chi connectivity index (χ2n) is 2.93. The van der Waals surface area contributed by atoms with Gasteiger partial charge in [-0.3, -0.25) is 4.79 Å². The van der Waals surface area contributed by atoms with Crippen LogP contribution in [-0.2, 0) is 4.79 Å². The Kier molecular flexibility index (Phi) is 6.18. The Morgan fingerprint density at radius 2 is 2.38 bits per heavy atom. The Balaban J connectivity index is 3.89. The van der Waals surface area contributed by atoms with E-state index in [9.17, 15) is 4.79 Å². The van der Waals surface area contributed by atoms with Crippen LogP contribution in [0, 0.1) is 0 Å². The van der Waals surface area contributed by atoms with Crippen LogP contribution in [0.25, 0.3) is 0 Å². The minimum atomic E-state index is -0.557. The first-order chi connectivity index (χ1) is 6.15. The molecular weight excluding hydrogens is 168 g/mol. The third-order valence-corrected chi connectivity index (χ3v) is 1.82. The van der Waals surface area contributed by atoms with Crippen LogP contribution in [0.15, 0.2) is 12.7 Å². The lowest BCUT2D eigenvalue weighted by molar-refractivity contribution is -0.123. The van der Waals surface area contributed by atoms with E-state index in [0.29, 0.717) is 12.8 Å². The van der Waals surface area contributed by atoms with Crippen LogP contribution in [0.1, 0.15) is 19.8 Å². The van der Waals surface area contributed by atoms with Gasteiger partial charge in [0, 0.05) is 0 Å². The van der Waals surface area contributed by atoms with E-state index in [1.165, 1.54) is 0 Å². The van der Waals surface area contributed by atoms with Crippen molar-refractivity contribution in [2.75, 3.05) is 6.61 Å². The van der Waals surface area contributed by atoms with Gasteiger partial charge < -0.3 is 16.2 Å². The zero-order valence-corrected chi connectivity index (χ0v) is 7.99. The van der Waals surface area contributed by atoms with Crippen molar-refractivity contribution in [3.05, 3.63) is 12.7 Å². The molecule has 0 aromatic carbocycles. The summed E-state index contributed by atoms with van der Waals surface area (Å²) >= 11 is 0. The van der Waals surface area contributed by atoms with Crippen molar-refractivity contribution in [3.63, 3.8) is 0 Å². The second kappa shape index (κ2) is 6.62. The highest BCUT2D eigenvalue weighted by Crippen LogP contribution is 1.93. The van der Waals surface area contributed by atoms with Crippen molar-refractivity contribution < 1.29 is 9.90 Å². The van der Waals surface area contributed by atoms with Crippen LogP contribution < -0.4 is 11.1 Å². The third-order valence-electron chi connectivity index (χ3n) is 1.82. The Morgan fingerprint density at radius 1 is 1.77 bits per heavy atom. The lowest BCUT2D eigenvalue weighted by atomic mass is 10.1. The van der Waals surface area contributed by atoms with Crippen LogP contribution in [-0.4, -0.2) is 29.7 Å². The minimum Gasteiger partial charge on any atom is -0.394 e. The van der Waals surface area contributed by atoms with Crippen molar-refractivity contribution in [1.82, 2.24) is 5.32 Å². The number of hydrogen-bond donors (Lipinski definition) is 3. The molecule has 1 unspecified atom stereocenters. The highest BCUT2D eigenvalue weighted by atomic mass is 16.3. The summed E-state index contributed by atoms with van der Waals surface area (Å²) in [5.74, 6) is -0.235. The fourth-order valence-corrected chi connectivity index (χ4v) is 0.872. The predicted molar refractivity (Wildman–Crippen MR) is 52.1 cm³/mol. The topological polar surface area (TPSA) is 75.4 Å². The van der Waals surface area contributed by atoms with Crippen LogP contribution in [0.5, 0.6) is 0 Å². The van der Waals surface area contributed by atoms with E-state index >= 15 is 0 Å². The van der Waals surface area contributed by atoms with Gasteiger partial charge in [-0.05, 0) is 12.8 Å². The third kappa shape index (κ3) is 4.65. The molecule has 0 fully saturated rings. The van der Waals surface area contributed by atoms with Crippen LogP contribution in [0.4, 0.5) is 0 Å². The summed E-state index contributed by atoms with van der Waals surface area (Å²) in [4.78, 5) is 11.3. The van der Waals surface area contributed by atoms with Gasteiger partial charge in [-0.1, -0.05) is 13.0 Å². The largest absolute Gasteiger partial charge is 0.394 e. The van der Waals surface area contributed by atoms with E-state index in [2.05, 4.69) is 11.9 Å². The molecule has 4 nitrogen and oxygen atoms in total. The van der Waals surface area contributed by atoms with E-state index < -0.39 is 6.04 Å². The highest BCUT2D eigenvalue weighted by Gasteiger charge is 2.14. The predicted octanol–water partition coefficient (Wildman–Crippen LogP) is -0.223. The molecule has 4 heteroatoms. The molecule has 0 bridgehead atoms. The Bertz CT molecular complexity index is 167. The van der Waals surface area contributed by atoms with Crippen LogP contribution in [0.3, 0.4) is 0 Å². The molecule has 0 saturated carbocycles. The molecule has 0 aromatic heterocycles. The van der Waals surface area contributed by atoms with Crippen molar-refractivity contribution >= 4 is 5.91 Å². The fraction of sp³-hybridized carbons (Fsp3) is 0.667. The maximum absolute atomic E-state index is 11.3. The van der Waals surface area contributed by atoms with E-state index in [-0.39, 0.29) is 18.6 Å². The SMILES string of the molecule is C=CCC(N)C(=O)N[C@H](CC)CO. The van der Waals surface area contributed by atoms with Gasteiger partial charge in [0.05, 0.1) is 18.7 Å². The van der Waals surface area contributed by atoms with Gasteiger partial charge >= 0.3 is 0 Å². The summed E-state index contributed by atoms with van der Waals surface area (Å²) in [6, 6.07) is -0.749. The molecule has 0 rings (SSSR count). The Labute approximate surface area is 78.8 Å². The molecule has 0 heterocycles. The van der Waals surface area contributed by atoms with Gasteiger partial charge in [0.15, 0.2) is 0 Å². The number of carbonyl (C=O) groups is 1. The number of aliphatic hydroxyl groups is 1. The molecule has 0 radical (unpaired) electrons. The van der Waals surface area contributed by atoms with Crippen LogP contribution in [0.2, 0.25) is 0 Å². The second-order valence-corrected chi connectivity index (χ2v) is 2.93. The maximum atomic E-state index is 11.3. The first-order valence-corrected chi connectivity index (χ1v) is 4.43. The zero-order chi connectivity index (χ0) is 10.3. The van der Waals surface area contributed by atoms with Gasteiger partial charge in [0.2, 0.25) is 5.91 Å². The molecule has 0 aliphatic rings. The van der Waals surface area contributed by atoms with Gasteiger partial charge in [-0.25, -0.2) is 0 Å². The van der Waals surface area contributed by atoms with Crippen molar-refractivity contribution in [3.8, 4) is 0 Å². The Hall–Kier alpha value is -0.870. The summed E-state index contributed by atoms with van der Waals surface area (Å²) in [5, 5.41) is 11.5. The number of nitrogens with one attached hydrogen (secondary N) is 1. The average molecular weight is 186 g/mol. The van der Waals surface area contributed by atoms with E-state index in [1.807, 2.05) is 6.92 Å². The van der Waals surface area contributed by atoms with Crippen molar-refractivity contribution in [1.29, 1.82) is 0 Å². The van der Waals surface area contributed by atoms with E-state index in [1.54, 1.807) is 6.08 Å². The number of rotatable bonds is 6. The number of carbonyl (C=O) groups excluding carboxylic acids is 1. The highest BCUT2D eigenvalue weighted by molar-refractivity contribution is 5.81. The van der Waals surface area contributed by atoms with E-state index in [0.717, 1.165) is 0 Å². The summed E-state index contributed by atoms with van der Waals surface area (Å²) in [6.45, 7) is 5.33. The molecule has 1 amide bonds. The number of hydrogen-bond acceptors (Lipinski definition) is 3. The maximum Gasteiger partial charge on any atom is 0.237 e. The fourth-order valence-electron chi connectivity index (χ4n) is 0.872. The first kappa shape index (κ1) is 12.1. The van der Waals surface area contributed by atoms with Gasteiger partial charge in [0.25, 0.3) is 0 Å². The average Bonchev–Trinajstić information content (AvgIpc) is 2.14. The van der Waals surface area contributed by atoms with Gasteiger partial charge in [0.1, 0.15) is 0 Å².